The van der Waals surface area contributed by atoms with Crippen LogP contribution in [0.2, 0.25) is 0 Å². The molecular weight excluding hydrogens is 286 g/mol. The largest absolute Gasteiger partial charge is 0.379 e. The molecule has 0 aromatic carbocycles. The van der Waals surface area contributed by atoms with Gasteiger partial charge < -0.3 is 10.1 Å². The van der Waals surface area contributed by atoms with Crippen molar-refractivity contribution in [2.75, 3.05) is 19.8 Å². The second-order valence-corrected chi connectivity index (χ2v) is 7.05. The fourth-order valence-corrected chi connectivity index (χ4v) is 4.25. The Hall–Kier alpha value is -1.05. The first-order chi connectivity index (χ1) is 10.4. The Morgan fingerprint density at radius 3 is 2.95 bits per heavy atom. The first-order valence-corrected chi connectivity index (χ1v) is 8.74. The minimum Gasteiger partial charge on any atom is -0.379 e. The summed E-state index contributed by atoms with van der Waals surface area (Å²) in [6, 6.07) is 0.376. The van der Waals surface area contributed by atoms with Crippen molar-refractivity contribution in [3.63, 3.8) is 0 Å². The summed E-state index contributed by atoms with van der Waals surface area (Å²) >= 11 is 1.66. The van der Waals surface area contributed by atoms with Gasteiger partial charge in [-0.3, -0.25) is 0 Å². The number of hydrogen-bond acceptors (Lipinski definition) is 6. The third kappa shape index (κ3) is 2.82. The molecule has 7 heteroatoms. The highest BCUT2D eigenvalue weighted by atomic mass is 32.1. The van der Waals surface area contributed by atoms with Crippen LogP contribution in [0.15, 0.2) is 0 Å². The van der Waals surface area contributed by atoms with Gasteiger partial charge in [-0.25, -0.2) is 0 Å². The zero-order valence-electron chi connectivity index (χ0n) is 12.1. The summed E-state index contributed by atoms with van der Waals surface area (Å²) in [4.78, 5) is 0.933. The van der Waals surface area contributed by atoms with E-state index in [1.165, 1.54) is 32.1 Å². The molecule has 1 aliphatic carbocycles. The van der Waals surface area contributed by atoms with E-state index < -0.39 is 0 Å². The topological polar surface area (TPSA) is 64.3 Å². The number of rotatable bonds is 3. The number of nitrogens with zero attached hydrogens (tertiary/aromatic N) is 4. The lowest BCUT2D eigenvalue weighted by Crippen LogP contribution is -2.42. The number of aromatic nitrogens is 4. The van der Waals surface area contributed by atoms with Gasteiger partial charge in [0.1, 0.15) is 5.01 Å². The molecule has 0 bridgehead atoms. The third-order valence-electron chi connectivity index (χ3n) is 4.45. The van der Waals surface area contributed by atoms with Crippen molar-refractivity contribution < 1.29 is 4.74 Å². The van der Waals surface area contributed by atoms with E-state index in [9.17, 15) is 0 Å². The van der Waals surface area contributed by atoms with Crippen molar-refractivity contribution in [3.8, 4) is 0 Å². The van der Waals surface area contributed by atoms with Gasteiger partial charge >= 0.3 is 0 Å². The van der Waals surface area contributed by atoms with E-state index in [0.29, 0.717) is 12.0 Å². The standard InChI is InChI=1S/C14H21N5OS/c1-2-4-10(5-3-1)13-16-17-14-19(13)18-12(21-14)8-11-9-20-7-6-15-11/h10-11,15H,1-9H2. The molecule has 0 amide bonds. The van der Waals surface area contributed by atoms with Crippen LogP contribution in [-0.4, -0.2) is 45.6 Å². The average Bonchev–Trinajstić information content (AvgIpc) is 3.09. The van der Waals surface area contributed by atoms with Gasteiger partial charge in [0.2, 0.25) is 4.96 Å². The van der Waals surface area contributed by atoms with Crippen molar-refractivity contribution in [1.82, 2.24) is 25.1 Å². The van der Waals surface area contributed by atoms with Crippen molar-refractivity contribution in [2.45, 2.75) is 50.5 Å². The monoisotopic (exact) mass is 307 g/mol. The van der Waals surface area contributed by atoms with Crippen LogP contribution in [0.5, 0.6) is 0 Å². The Kier molecular flexibility index (Phi) is 3.87. The molecule has 1 unspecified atom stereocenters. The number of nitrogens with one attached hydrogen (secondary N) is 1. The summed E-state index contributed by atoms with van der Waals surface area (Å²) in [6.45, 7) is 2.52. The highest BCUT2D eigenvalue weighted by Crippen LogP contribution is 2.32. The van der Waals surface area contributed by atoms with Crippen LogP contribution in [0, 0.1) is 0 Å². The molecule has 4 rings (SSSR count). The van der Waals surface area contributed by atoms with E-state index in [1.54, 1.807) is 11.3 Å². The maximum absolute atomic E-state index is 5.51. The molecule has 2 fully saturated rings. The summed E-state index contributed by atoms with van der Waals surface area (Å²) < 4.78 is 7.49. The molecule has 0 spiro atoms. The van der Waals surface area contributed by atoms with Gasteiger partial charge in [-0.2, -0.15) is 9.61 Å². The smallest absolute Gasteiger partial charge is 0.234 e. The Bertz CT molecular complexity index is 598. The molecule has 0 radical (unpaired) electrons. The van der Waals surface area contributed by atoms with Crippen molar-refractivity contribution >= 4 is 16.3 Å². The predicted octanol–water partition coefficient (Wildman–Crippen LogP) is 1.76. The van der Waals surface area contributed by atoms with Gasteiger partial charge in [-0.1, -0.05) is 30.6 Å². The van der Waals surface area contributed by atoms with Crippen molar-refractivity contribution in [2.24, 2.45) is 0 Å². The van der Waals surface area contributed by atoms with Crippen LogP contribution in [0.25, 0.3) is 4.96 Å². The van der Waals surface area contributed by atoms with Crippen LogP contribution >= 0.6 is 11.3 Å². The summed E-state index contributed by atoms with van der Waals surface area (Å²) in [5, 5.41) is 18.1. The fraction of sp³-hybridized carbons (Fsp3) is 0.786. The average molecular weight is 307 g/mol. The number of hydrogen-bond donors (Lipinski definition) is 1. The van der Waals surface area contributed by atoms with Crippen LogP contribution in [0.3, 0.4) is 0 Å². The first kappa shape index (κ1) is 13.6. The maximum atomic E-state index is 5.51. The zero-order chi connectivity index (χ0) is 14.1. The number of morpholine rings is 1. The molecule has 1 aliphatic heterocycles. The maximum Gasteiger partial charge on any atom is 0.234 e. The molecule has 2 aromatic heterocycles. The minimum absolute atomic E-state index is 0.376. The summed E-state index contributed by atoms with van der Waals surface area (Å²) in [5.74, 6) is 1.61. The van der Waals surface area contributed by atoms with E-state index >= 15 is 0 Å². The highest BCUT2D eigenvalue weighted by Gasteiger charge is 2.23. The summed E-state index contributed by atoms with van der Waals surface area (Å²) in [5.41, 5.74) is 0. The molecule has 114 valence electrons. The Balaban J connectivity index is 1.53. The second kappa shape index (κ2) is 5.98. The quantitative estimate of drug-likeness (QED) is 0.936. The van der Waals surface area contributed by atoms with E-state index in [2.05, 4.69) is 15.5 Å². The number of fused-ring (bicyclic) bond motifs is 1. The number of ether oxygens (including phenoxy) is 1. The van der Waals surface area contributed by atoms with Gasteiger partial charge in [-0.15, -0.1) is 10.2 Å². The Labute approximate surface area is 127 Å². The van der Waals surface area contributed by atoms with E-state index in [4.69, 9.17) is 9.84 Å². The highest BCUT2D eigenvalue weighted by molar-refractivity contribution is 7.16. The summed E-state index contributed by atoms with van der Waals surface area (Å²) in [7, 11) is 0. The van der Waals surface area contributed by atoms with E-state index in [1.807, 2.05) is 4.52 Å². The zero-order valence-corrected chi connectivity index (χ0v) is 12.9. The van der Waals surface area contributed by atoms with Crippen LogP contribution in [0.1, 0.15) is 48.9 Å². The lowest BCUT2D eigenvalue weighted by atomic mass is 9.89. The molecule has 3 heterocycles. The molecule has 6 nitrogen and oxygen atoms in total. The predicted molar refractivity (Wildman–Crippen MR) is 80.8 cm³/mol. The lowest BCUT2D eigenvalue weighted by molar-refractivity contribution is 0.0769. The molecule has 1 saturated carbocycles. The fourth-order valence-electron chi connectivity index (χ4n) is 3.33. The van der Waals surface area contributed by atoms with Gasteiger partial charge in [-0.05, 0) is 12.8 Å². The first-order valence-electron chi connectivity index (χ1n) is 7.92. The molecule has 1 N–H and O–H groups in total. The second-order valence-electron chi connectivity index (χ2n) is 6.01. The molecule has 21 heavy (non-hydrogen) atoms. The van der Waals surface area contributed by atoms with Crippen LogP contribution in [0.4, 0.5) is 0 Å². The lowest BCUT2D eigenvalue weighted by Gasteiger charge is -2.22. The summed E-state index contributed by atoms with van der Waals surface area (Å²) in [6.07, 6.45) is 7.34. The van der Waals surface area contributed by atoms with Gasteiger partial charge in [0.15, 0.2) is 5.82 Å². The molecular formula is C14H21N5OS. The van der Waals surface area contributed by atoms with E-state index in [0.717, 1.165) is 42.0 Å². The van der Waals surface area contributed by atoms with Crippen molar-refractivity contribution in [1.29, 1.82) is 0 Å². The molecule has 1 atom stereocenters. The SMILES string of the molecule is C1CCC(c2nnc3sc(CC4COCCN4)nn23)CC1. The Morgan fingerprint density at radius 2 is 2.14 bits per heavy atom. The van der Waals surface area contributed by atoms with Gasteiger partial charge in [0, 0.05) is 24.9 Å². The molecule has 2 aliphatic rings. The minimum atomic E-state index is 0.376. The third-order valence-corrected chi connectivity index (χ3v) is 5.37. The molecule has 1 saturated heterocycles. The van der Waals surface area contributed by atoms with Gasteiger partial charge in [0.25, 0.3) is 0 Å². The van der Waals surface area contributed by atoms with Crippen molar-refractivity contribution in [3.05, 3.63) is 10.8 Å². The van der Waals surface area contributed by atoms with E-state index in [-0.39, 0.29) is 0 Å². The van der Waals surface area contributed by atoms with Gasteiger partial charge in [0.05, 0.1) is 13.2 Å². The normalized spacial score (nSPS) is 24.7. The molecule has 2 aromatic rings. The van der Waals surface area contributed by atoms with Crippen LogP contribution < -0.4 is 5.32 Å². The van der Waals surface area contributed by atoms with Crippen LogP contribution in [-0.2, 0) is 11.2 Å². The Morgan fingerprint density at radius 1 is 1.24 bits per heavy atom.